The third kappa shape index (κ3) is 6.75. The summed E-state index contributed by atoms with van der Waals surface area (Å²) < 4.78 is 53.1. The second kappa shape index (κ2) is 12.6. The van der Waals surface area contributed by atoms with E-state index in [1.54, 1.807) is 13.8 Å². The first-order valence-electron chi connectivity index (χ1n) is 13.7. The Hall–Kier alpha value is -3.18. The van der Waals surface area contributed by atoms with Gasteiger partial charge in [0.15, 0.2) is 0 Å². The van der Waals surface area contributed by atoms with Crippen LogP contribution in [0.25, 0.3) is 0 Å². The van der Waals surface area contributed by atoms with Crippen molar-refractivity contribution >= 4 is 17.6 Å². The van der Waals surface area contributed by atoms with Gasteiger partial charge < -0.3 is 19.5 Å². The van der Waals surface area contributed by atoms with Crippen molar-refractivity contribution in [1.82, 2.24) is 9.88 Å². The molecule has 1 aliphatic heterocycles. The van der Waals surface area contributed by atoms with Gasteiger partial charge in [0.25, 0.3) is 0 Å². The number of carbonyl (C=O) groups is 2. The lowest BCUT2D eigenvalue weighted by atomic mass is 9.87. The normalized spacial score (nSPS) is 18.0. The van der Waals surface area contributed by atoms with E-state index in [1.165, 1.54) is 23.2 Å². The molecule has 218 valence electrons. The maximum absolute atomic E-state index is 14.1. The van der Waals surface area contributed by atoms with Gasteiger partial charge in [-0.3, -0.25) is 9.69 Å². The number of pyridine rings is 1. The molecule has 1 aromatic heterocycles. The highest BCUT2D eigenvalue weighted by Crippen LogP contribution is 2.40. The first kappa shape index (κ1) is 29.8. The zero-order valence-corrected chi connectivity index (χ0v) is 23.0. The van der Waals surface area contributed by atoms with Crippen LogP contribution in [-0.2, 0) is 15.7 Å². The summed E-state index contributed by atoms with van der Waals surface area (Å²) in [6, 6.07) is 4.33. The van der Waals surface area contributed by atoms with Gasteiger partial charge in [-0.1, -0.05) is 19.3 Å². The summed E-state index contributed by atoms with van der Waals surface area (Å²) in [7, 11) is 0. The summed E-state index contributed by atoms with van der Waals surface area (Å²) in [5, 5.41) is 9.98. The highest BCUT2D eigenvalue weighted by atomic mass is 19.4. The van der Waals surface area contributed by atoms with E-state index in [1.807, 2.05) is 11.8 Å². The van der Waals surface area contributed by atoms with Crippen LogP contribution in [0.15, 0.2) is 30.5 Å². The maximum Gasteiger partial charge on any atom is 0.421 e. The van der Waals surface area contributed by atoms with Gasteiger partial charge in [0.1, 0.15) is 11.3 Å². The number of morpholine rings is 1. The minimum absolute atomic E-state index is 0.123. The fourth-order valence-electron chi connectivity index (χ4n) is 5.43. The van der Waals surface area contributed by atoms with Gasteiger partial charge >= 0.3 is 12.1 Å². The molecule has 0 spiro atoms. The summed E-state index contributed by atoms with van der Waals surface area (Å²) in [5.41, 5.74) is -0.718. The molecule has 0 bridgehead atoms. The standard InChI is InChI=1S/C29H36F3N3O5/c1-18(2)35(27(36)20-7-5-4-6-8-20)25-10-9-22(16-23(25)28(37)38)40-26-24(29(30,31)32)15-21(17-33-26)19(3)34-11-13-39-14-12-34/h9-10,15-20H,4-8,11-14H2,1-3H3,(H,37,38). The minimum atomic E-state index is -4.75. The second-order valence-corrected chi connectivity index (χ2v) is 10.7. The quantitative estimate of drug-likeness (QED) is 0.403. The van der Waals surface area contributed by atoms with E-state index in [0.717, 1.165) is 44.2 Å². The Balaban J connectivity index is 1.65. The van der Waals surface area contributed by atoms with E-state index in [2.05, 4.69) is 4.98 Å². The van der Waals surface area contributed by atoms with Crippen LogP contribution in [-0.4, -0.2) is 59.2 Å². The van der Waals surface area contributed by atoms with Crippen LogP contribution in [0.3, 0.4) is 0 Å². The molecule has 2 aromatic rings. The van der Waals surface area contributed by atoms with Crippen LogP contribution in [0.4, 0.5) is 18.9 Å². The molecular weight excluding hydrogens is 527 g/mol. The number of benzene rings is 1. The third-order valence-corrected chi connectivity index (χ3v) is 7.63. The lowest BCUT2D eigenvalue weighted by Crippen LogP contribution is -2.42. The molecule has 2 aliphatic rings. The SMILES string of the molecule is CC(c1cnc(Oc2ccc(N(C(=O)C3CCCCC3)C(C)C)c(C(=O)O)c2)c(C(F)(F)F)c1)N1CCOCC1. The van der Waals surface area contributed by atoms with Crippen molar-refractivity contribution in [2.45, 2.75) is 71.1 Å². The Labute approximate surface area is 232 Å². The number of anilines is 1. The zero-order chi connectivity index (χ0) is 29.0. The molecule has 8 nitrogen and oxygen atoms in total. The summed E-state index contributed by atoms with van der Waals surface area (Å²) in [4.78, 5) is 33.1. The number of nitrogens with zero attached hydrogens (tertiary/aromatic N) is 3. The van der Waals surface area contributed by atoms with Crippen LogP contribution in [0.1, 0.15) is 80.4 Å². The topological polar surface area (TPSA) is 92.2 Å². The number of alkyl halides is 3. The van der Waals surface area contributed by atoms with Gasteiger partial charge in [0.2, 0.25) is 11.8 Å². The summed E-state index contributed by atoms with van der Waals surface area (Å²) >= 11 is 0. The second-order valence-electron chi connectivity index (χ2n) is 10.7. The number of carboxylic acids is 1. The van der Waals surface area contributed by atoms with Crippen molar-refractivity contribution in [3.05, 3.63) is 47.2 Å². The maximum atomic E-state index is 14.1. The number of carboxylic acid groups (broad SMARTS) is 1. The van der Waals surface area contributed by atoms with Crippen LogP contribution in [0, 0.1) is 5.92 Å². The zero-order valence-electron chi connectivity index (χ0n) is 23.0. The number of hydrogen-bond donors (Lipinski definition) is 1. The van der Waals surface area contributed by atoms with Crippen LogP contribution in [0.2, 0.25) is 0 Å². The molecule has 11 heteroatoms. The number of carbonyl (C=O) groups excluding carboxylic acids is 1. The summed E-state index contributed by atoms with van der Waals surface area (Å²) in [6.45, 7) is 7.63. The molecule has 1 unspecified atom stereocenters. The van der Waals surface area contributed by atoms with Crippen molar-refractivity contribution in [3.63, 3.8) is 0 Å². The van der Waals surface area contributed by atoms with Gasteiger partial charge in [-0.15, -0.1) is 0 Å². The summed E-state index contributed by atoms with van der Waals surface area (Å²) in [6.07, 6.45) is 1.05. The van der Waals surface area contributed by atoms with E-state index in [0.29, 0.717) is 31.9 Å². The van der Waals surface area contributed by atoms with Gasteiger partial charge in [0, 0.05) is 37.3 Å². The Bertz CT molecular complexity index is 1210. The van der Waals surface area contributed by atoms with E-state index >= 15 is 0 Å². The lowest BCUT2D eigenvalue weighted by Gasteiger charge is -2.33. The fraction of sp³-hybridized carbons (Fsp3) is 0.552. The van der Waals surface area contributed by atoms with Crippen molar-refractivity contribution in [2.75, 3.05) is 31.2 Å². The predicted molar refractivity (Wildman–Crippen MR) is 143 cm³/mol. The molecule has 4 rings (SSSR count). The van der Waals surface area contributed by atoms with Gasteiger partial charge in [0.05, 0.1) is 24.5 Å². The Morgan fingerprint density at radius 2 is 1.77 bits per heavy atom. The number of aromatic carboxylic acids is 1. The largest absolute Gasteiger partial charge is 0.478 e. The molecule has 1 atom stereocenters. The molecule has 1 aliphatic carbocycles. The van der Waals surface area contributed by atoms with Crippen LogP contribution in [0.5, 0.6) is 11.6 Å². The van der Waals surface area contributed by atoms with Crippen molar-refractivity contribution in [2.24, 2.45) is 5.92 Å². The van der Waals surface area contributed by atoms with Crippen LogP contribution < -0.4 is 9.64 Å². The molecule has 1 saturated heterocycles. The molecule has 1 saturated carbocycles. The lowest BCUT2D eigenvalue weighted by molar-refractivity contribution is -0.139. The molecule has 0 radical (unpaired) electrons. The Kier molecular flexibility index (Phi) is 9.35. The predicted octanol–water partition coefficient (Wildman–Crippen LogP) is 6.31. The monoisotopic (exact) mass is 563 g/mol. The van der Waals surface area contributed by atoms with Gasteiger partial charge in [-0.2, -0.15) is 13.2 Å². The number of rotatable bonds is 8. The molecule has 2 fully saturated rings. The summed E-state index contributed by atoms with van der Waals surface area (Å²) in [5.74, 6) is -2.45. The Morgan fingerprint density at radius 1 is 1.10 bits per heavy atom. The van der Waals surface area contributed by atoms with Crippen molar-refractivity contribution in [1.29, 1.82) is 0 Å². The number of hydrogen-bond acceptors (Lipinski definition) is 6. The van der Waals surface area contributed by atoms with Crippen molar-refractivity contribution in [3.8, 4) is 11.6 Å². The van der Waals surface area contributed by atoms with E-state index in [4.69, 9.17) is 9.47 Å². The van der Waals surface area contributed by atoms with Crippen LogP contribution >= 0.6 is 0 Å². The first-order valence-corrected chi connectivity index (χ1v) is 13.7. The Morgan fingerprint density at radius 3 is 2.38 bits per heavy atom. The van der Waals surface area contributed by atoms with Gasteiger partial charge in [-0.25, -0.2) is 9.78 Å². The smallest absolute Gasteiger partial charge is 0.421 e. The molecule has 1 amide bonds. The highest BCUT2D eigenvalue weighted by Gasteiger charge is 2.37. The number of aromatic nitrogens is 1. The third-order valence-electron chi connectivity index (χ3n) is 7.63. The fourth-order valence-corrected chi connectivity index (χ4v) is 5.43. The molecular formula is C29H36F3N3O5. The number of halogens is 3. The number of amides is 1. The minimum Gasteiger partial charge on any atom is -0.478 e. The molecule has 1 aromatic carbocycles. The first-order chi connectivity index (χ1) is 19.0. The van der Waals surface area contributed by atoms with E-state index in [9.17, 15) is 27.9 Å². The molecule has 1 N–H and O–H groups in total. The number of ether oxygens (including phenoxy) is 2. The van der Waals surface area contributed by atoms with E-state index in [-0.39, 0.29) is 40.9 Å². The van der Waals surface area contributed by atoms with Gasteiger partial charge in [-0.05, 0) is 63.4 Å². The van der Waals surface area contributed by atoms with E-state index < -0.39 is 23.6 Å². The van der Waals surface area contributed by atoms with Crippen molar-refractivity contribution < 1.29 is 37.3 Å². The highest BCUT2D eigenvalue weighted by molar-refractivity contribution is 6.03. The average Bonchev–Trinajstić information content (AvgIpc) is 2.93. The average molecular weight is 564 g/mol. The molecule has 40 heavy (non-hydrogen) atoms. The molecule has 2 heterocycles.